The van der Waals surface area contributed by atoms with Gasteiger partial charge in [-0.05, 0) is 83.5 Å². The van der Waals surface area contributed by atoms with Gasteiger partial charge in [0.2, 0.25) is 5.91 Å². The molecule has 10 heteroatoms. The zero-order valence-electron chi connectivity index (χ0n) is 34.3. The summed E-state index contributed by atoms with van der Waals surface area (Å²) in [6, 6.07) is -1.06. The van der Waals surface area contributed by atoms with E-state index >= 15 is 0 Å². The number of carbonyl (C=O) groups excluding carboxylic acids is 1. The number of nitrogens with zero attached hydrogens (tertiary/aromatic N) is 1. The summed E-state index contributed by atoms with van der Waals surface area (Å²) in [7, 11) is 1.39. The topological polar surface area (TPSA) is 125 Å². The van der Waals surface area contributed by atoms with Gasteiger partial charge in [-0.3, -0.25) is 13.8 Å². The van der Waals surface area contributed by atoms with E-state index in [1.165, 1.54) is 38.5 Å². The maximum atomic E-state index is 12.9. The Morgan fingerprint density at radius 1 is 0.679 bits per heavy atom. The van der Waals surface area contributed by atoms with E-state index < -0.39 is 32.7 Å². The number of hydrogen-bond acceptors (Lipinski definition) is 6. The SMILES string of the molecule is CC/C=C\C/C=C\C/C=C\CCCCCCCCCC(=O)NC(COP(=O)(O)OCC[N+](C)(C)C)C(O)C(O)CCC/C=C/CC/C=C/CCCCC. The van der Waals surface area contributed by atoms with Crippen molar-refractivity contribution in [1.29, 1.82) is 0 Å². The Bertz CT molecular complexity index is 1070. The molecule has 0 saturated heterocycles. The van der Waals surface area contributed by atoms with E-state index in [1.54, 1.807) is 0 Å². The number of quaternary nitrogens is 1. The molecule has 0 rings (SSSR count). The molecule has 0 aromatic carbocycles. The first-order chi connectivity index (χ1) is 25.4. The number of amides is 1. The van der Waals surface area contributed by atoms with E-state index in [1.807, 2.05) is 21.1 Å². The van der Waals surface area contributed by atoms with Crippen LogP contribution in [-0.2, 0) is 18.4 Å². The summed E-state index contributed by atoms with van der Waals surface area (Å²) in [5, 5.41) is 24.6. The number of aliphatic hydroxyl groups excluding tert-OH is 2. The van der Waals surface area contributed by atoms with Gasteiger partial charge in [0.25, 0.3) is 0 Å². The first-order valence-electron chi connectivity index (χ1n) is 20.7. The molecule has 0 aromatic rings. The minimum absolute atomic E-state index is 0.00867. The highest BCUT2D eigenvalue weighted by molar-refractivity contribution is 7.47. The lowest BCUT2D eigenvalue weighted by Crippen LogP contribution is -2.51. The lowest BCUT2D eigenvalue weighted by Gasteiger charge is -2.28. The molecule has 0 bridgehead atoms. The number of carbonyl (C=O) groups is 1. The van der Waals surface area contributed by atoms with Gasteiger partial charge in [-0.2, -0.15) is 0 Å². The van der Waals surface area contributed by atoms with Crippen LogP contribution in [0.2, 0.25) is 0 Å². The quantitative estimate of drug-likeness (QED) is 0.0217. The number of phosphoric acid groups is 1. The van der Waals surface area contributed by atoms with Crippen LogP contribution < -0.4 is 5.32 Å². The van der Waals surface area contributed by atoms with Crippen LogP contribution in [0.5, 0.6) is 0 Å². The first kappa shape index (κ1) is 51.2. The van der Waals surface area contributed by atoms with Gasteiger partial charge in [0.1, 0.15) is 19.3 Å². The Labute approximate surface area is 324 Å². The number of phosphoric ester groups is 1. The molecule has 308 valence electrons. The summed E-state index contributed by atoms with van der Waals surface area (Å²) in [6.07, 6.45) is 40.0. The van der Waals surface area contributed by atoms with Crippen molar-refractivity contribution in [2.24, 2.45) is 0 Å². The average Bonchev–Trinajstić information content (AvgIpc) is 3.10. The molecule has 0 aliphatic carbocycles. The zero-order valence-corrected chi connectivity index (χ0v) is 35.2. The predicted molar refractivity (Wildman–Crippen MR) is 223 cm³/mol. The Morgan fingerprint density at radius 3 is 1.79 bits per heavy atom. The maximum absolute atomic E-state index is 12.9. The van der Waals surface area contributed by atoms with E-state index in [-0.39, 0.29) is 18.9 Å². The van der Waals surface area contributed by atoms with Gasteiger partial charge in [0, 0.05) is 6.42 Å². The van der Waals surface area contributed by atoms with Crippen LogP contribution in [0.25, 0.3) is 0 Å². The van der Waals surface area contributed by atoms with Crippen molar-refractivity contribution in [2.45, 2.75) is 167 Å². The Kier molecular flexibility index (Phi) is 33.4. The summed E-state index contributed by atoms with van der Waals surface area (Å²) < 4.78 is 23.4. The van der Waals surface area contributed by atoms with Gasteiger partial charge in [0.05, 0.1) is 39.9 Å². The minimum Gasteiger partial charge on any atom is -0.390 e. The van der Waals surface area contributed by atoms with Crippen LogP contribution >= 0.6 is 7.82 Å². The number of allylic oxidation sites excluding steroid dienone is 10. The maximum Gasteiger partial charge on any atom is 0.472 e. The molecule has 0 aromatic heterocycles. The largest absolute Gasteiger partial charge is 0.472 e. The van der Waals surface area contributed by atoms with Gasteiger partial charge in [0.15, 0.2) is 0 Å². The second-order valence-corrected chi connectivity index (χ2v) is 16.6. The van der Waals surface area contributed by atoms with Crippen molar-refractivity contribution in [3.8, 4) is 0 Å². The summed E-state index contributed by atoms with van der Waals surface area (Å²) in [4.78, 5) is 23.1. The van der Waals surface area contributed by atoms with Gasteiger partial charge >= 0.3 is 7.82 Å². The molecule has 4 unspecified atom stereocenters. The fraction of sp³-hybridized carbons (Fsp3) is 0.744. The predicted octanol–water partition coefficient (Wildman–Crippen LogP) is 10.0. The average molecular weight is 768 g/mol. The Hall–Kier alpha value is -1.84. The molecule has 9 nitrogen and oxygen atoms in total. The third-order valence-electron chi connectivity index (χ3n) is 8.82. The molecule has 0 aliphatic rings. The minimum atomic E-state index is -4.43. The smallest absolute Gasteiger partial charge is 0.390 e. The molecule has 53 heavy (non-hydrogen) atoms. The van der Waals surface area contributed by atoms with Crippen LogP contribution in [0.1, 0.15) is 149 Å². The molecular weight excluding hydrogens is 687 g/mol. The van der Waals surface area contributed by atoms with E-state index in [2.05, 4.69) is 79.9 Å². The molecule has 0 fully saturated rings. The highest BCUT2D eigenvalue weighted by Crippen LogP contribution is 2.43. The van der Waals surface area contributed by atoms with Gasteiger partial charge in [-0.25, -0.2) is 4.57 Å². The van der Waals surface area contributed by atoms with Gasteiger partial charge in [-0.1, -0.05) is 120 Å². The lowest BCUT2D eigenvalue weighted by molar-refractivity contribution is -0.870. The van der Waals surface area contributed by atoms with Crippen molar-refractivity contribution in [2.75, 3.05) is 40.9 Å². The Morgan fingerprint density at radius 2 is 1.19 bits per heavy atom. The second kappa shape index (κ2) is 34.6. The van der Waals surface area contributed by atoms with Crippen molar-refractivity contribution in [3.63, 3.8) is 0 Å². The number of aliphatic hydroxyl groups is 2. The number of likely N-dealkylation sites (N-methyl/N-ethyl adjacent to an activating group) is 1. The van der Waals surface area contributed by atoms with E-state index in [0.29, 0.717) is 30.3 Å². The fourth-order valence-corrected chi connectivity index (χ4v) is 6.20. The lowest BCUT2D eigenvalue weighted by atomic mass is 10.0. The molecule has 1 amide bonds. The van der Waals surface area contributed by atoms with E-state index in [9.17, 15) is 24.5 Å². The van der Waals surface area contributed by atoms with Crippen LogP contribution in [0.3, 0.4) is 0 Å². The van der Waals surface area contributed by atoms with Crippen molar-refractivity contribution in [1.82, 2.24) is 5.32 Å². The summed E-state index contributed by atoms with van der Waals surface area (Å²) in [6.45, 7) is 4.39. The van der Waals surface area contributed by atoms with Crippen molar-refractivity contribution >= 4 is 13.7 Å². The number of hydrogen-bond donors (Lipinski definition) is 4. The molecule has 0 spiro atoms. The fourth-order valence-electron chi connectivity index (χ4n) is 5.46. The van der Waals surface area contributed by atoms with E-state index in [4.69, 9.17) is 9.05 Å². The molecule has 0 saturated carbocycles. The molecular formula is C43H80N2O7P+. The summed E-state index contributed by atoms with van der Waals surface area (Å²) in [5.41, 5.74) is 0. The monoisotopic (exact) mass is 768 g/mol. The van der Waals surface area contributed by atoms with Crippen LogP contribution in [0, 0.1) is 0 Å². The third kappa shape index (κ3) is 35.6. The number of rotatable bonds is 36. The van der Waals surface area contributed by atoms with Gasteiger partial charge < -0.3 is 24.9 Å². The number of unbranched alkanes of at least 4 members (excludes halogenated alkanes) is 12. The second-order valence-electron chi connectivity index (χ2n) is 15.1. The van der Waals surface area contributed by atoms with E-state index in [0.717, 1.165) is 70.6 Å². The normalized spacial score (nSPS) is 15.7. The standard InChI is InChI=1S/C43H79N2O7P/c1-6-8-10-12-14-16-18-20-21-22-23-24-26-28-30-32-34-36-42(47)44-40(39-52-53(49,50)51-38-37-45(3,4)5)43(48)41(46)35-33-31-29-27-25-19-17-15-13-11-9-7-2/h8,10,14-17,20-21,27,29,40-41,43,46,48H,6-7,9,11-13,18-19,22-26,28,30-39H2,1-5H3,(H-,44,47,49,50)/p+1/b10-8-,16-14-,17-15+,21-20-,29-27+. The van der Waals surface area contributed by atoms with Gasteiger partial charge in [-0.15, -0.1) is 0 Å². The molecule has 0 heterocycles. The number of nitrogens with one attached hydrogen (secondary N) is 1. The van der Waals surface area contributed by atoms with Crippen molar-refractivity contribution in [3.05, 3.63) is 60.8 Å². The Balaban J connectivity index is 4.62. The third-order valence-corrected chi connectivity index (χ3v) is 9.80. The van der Waals surface area contributed by atoms with Crippen molar-refractivity contribution < 1.29 is 38.0 Å². The van der Waals surface area contributed by atoms with Crippen LogP contribution in [-0.4, -0.2) is 84.6 Å². The first-order valence-corrected chi connectivity index (χ1v) is 22.2. The van der Waals surface area contributed by atoms with Crippen LogP contribution in [0.4, 0.5) is 0 Å². The molecule has 4 N–H and O–H groups in total. The zero-order chi connectivity index (χ0) is 39.5. The summed E-state index contributed by atoms with van der Waals surface area (Å²) in [5.74, 6) is -0.287. The molecule has 4 atom stereocenters. The molecule has 0 aliphatic heterocycles. The highest BCUT2D eigenvalue weighted by atomic mass is 31.2. The van der Waals surface area contributed by atoms with Crippen LogP contribution in [0.15, 0.2) is 60.8 Å². The highest BCUT2D eigenvalue weighted by Gasteiger charge is 2.31. The molecule has 0 radical (unpaired) electrons. The summed E-state index contributed by atoms with van der Waals surface area (Å²) >= 11 is 0.